The average Bonchev–Trinajstić information content (AvgIpc) is 2.79. The van der Waals surface area contributed by atoms with Crippen molar-refractivity contribution < 1.29 is 14.0 Å². The first kappa shape index (κ1) is 21.2. The molecule has 7 nitrogen and oxygen atoms in total. The van der Waals surface area contributed by atoms with Crippen LogP contribution in [0.4, 0.5) is 10.3 Å². The molecule has 4 rings (SSSR count). The summed E-state index contributed by atoms with van der Waals surface area (Å²) in [4.78, 5) is 37.5. The Morgan fingerprint density at radius 2 is 1.77 bits per heavy atom. The van der Waals surface area contributed by atoms with E-state index in [4.69, 9.17) is 5.73 Å². The van der Waals surface area contributed by atoms with Crippen molar-refractivity contribution >= 4 is 17.8 Å². The zero-order chi connectivity index (χ0) is 22.0. The van der Waals surface area contributed by atoms with Gasteiger partial charge in [-0.3, -0.25) is 9.59 Å². The SMILES string of the molecule is CC(=O)N1CCC(C(=O)N2CCCCC2c2nc(N)ncc2-c2ccc(F)cc2)CC1. The standard InChI is InChI=1S/C23H28FN5O2/c1-15(30)28-12-9-17(10-13-28)22(31)29-11-3-2-4-20(29)21-19(14-26-23(25)27-21)16-5-7-18(24)8-6-16/h5-8,14,17,20H,2-4,9-13H2,1H3,(H2,25,26,27). The van der Waals surface area contributed by atoms with Gasteiger partial charge in [0.05, 0.1) is 11.7 Å². The van der Waals surface area contributed by atoms with Crippen LogP contribution in [-0.4, -0.2) is 51.2 Å². The maximum Gasteiger partial charge on any atom is 0.226 e. The molecule has 1 aromatic carbocycles. The normalized spacial score (nSPS) is 20.0. The van der Waals surface area contributed by atoms with Crippen molar-refractivity contribution in [1.29, 1.82) is 0 Å². The fraction of sp³-hybridized carbons (Fsp3) is 0.478. The van der Waals surface area contributed by atoms with Crippen LogP contribution < -0.4 is 5.73 Å². The van der Waals surface area contributed by atoms with Crippen molar-refractivity contribution in [2.24, 2.45) is 5.92 Å². The Hall–Kier alpha value is -3.03. The van der Waals surface area contributed by atoms with Crippen LogP contribution in [0.25, 0.3) is 11.1 Å². The van der Waals surface area contributed by atoms with E-state index < -0.39 is 0 Å². The molecule has 0 spiro atoms. The van der Waals surface area contributed by atoms with E-state index in [0.717, 1.165) is 30.4 Å². The lowest BCUT2D eigenvalue weighted by molar-refractivity contribution is -0.143. The summed E-state index contributed by atoms with van der Waals surface area (Å²) < 4.78 is 13.4. The quantitative estimate of drug-likeness (QED) is 0.815. The summed E-state index contributed by atoms with van der Waals surface area (Å²) in [5, 5.41) is 0. The zero-order valence-corrected chi connectivity index (χ0v) is 17.8. The summed E-state index contributed by atoms with van der Waals surface area (Å²) >= 11 is 0. The topological polar surface area (TPSA) is 92.4 Å². The third kappa shape index (κ3) is 4.52. The molecule has 31 heavy (non-hydrogen) atoms. The van der Waals surface area contributed by atoms with Crippen molar-refractivity contribution in [2.75, 3.05) is 25.4 Å². The lowest BCUT2D eigenvalue weighted by Gasteiger charge is -2.40. The van der Waals surface area contributed by atoms with E-state index in [0.29, 0.717) is 38.2 Å². The van der Waals surface area contributed by atoms with Gasteiger partial charge < -0.3 is 15.5 Å². The summed E-state index contributed by atoms with van der Waals surface area (Å²) in [6, 6.07) is 6.00. The summed E-state index contributed by atoms with van der Waals surface area (Å²) in [5.74, 6) is -0.0661. The van der Waals surface area contributed by atoms with Gasteiger partial charge in [-0.2, -0.15) is 0 Å². The van der Waals surface area contributed by atoms with Crippen LogP contribution in [0, 0.1) is 11.7 Å². The number of piperidine rings is 2. The molecule has 2 saturated heterocycles. The minimum atomic E-state index is -0.312. The second-order valence-corrected chi connectivity index (χ2v) is 8.36. The van der Waals surface area contributed by atoms with Gasteiger partial charge in [0, 0.05) is 44.2 Å². The minimum Gasteiger partial charge on any atom is -0.368 e. The average molecular weight is 426 g/mol. The predicted octanol–water partition coefficient (Wildman–Crippen LogP) is 3.18. The number of aromatic nitrogens is 2. The number of likely N-dealkylation sites (tertiary alicyclic amines) is 2. The predicted molar refractivity (Wildman–Crippen MR) is 115 cm³/mol. The Morgan fingerprint density at radius 1 is 1.06 bits per heavy atom. The van der Waals surface area contributed by atoms with Crippen molar-refractivity contribution in [3.05, 3.63) is 42.0 Å². The molecule has 2 aliphatic rings. The van der Waals surface area contributed by atoms with E-state index in [1.807, 2.05) is 4.90 Å². The molecule has 0 aliphatic carbocycles. The number of nitrogen functional groups attached to an aromatic ring is 1. The molecule has 2 aromatic rings. The van der Waals surface area contributed by atoms with Crippen LogP contribution in [0.2, 0.25) is 0 Å². The van der Waals surface area contributed by atoms with Gasteiger partial charge in [-0.15, -0.1) is 0 Å². The molecule has 8 heteroatoms. The first-order chi connectivity index (χ1) is 14.9. The number of anilines is 1. The molecule has 0 bridgehead atoms. The van der Waals surface area contributed by atoms with E-state index >= 15 is 0 Å². The van der Waals surface area contributed by atoms with Crippen LogP contribution in [0.15, 0.2) is 30.5 Å². The molecule has 3 heterocycles. The van der Waals surface area contributed by atoms with Crippen LogP contribution >= 0.6 is 0 Å². The van der Waals surface area contributed by atoms with Crippen LogP contribution in [-0.2, 0) is 9.59 Å². The highest BCUT2D eigenvalue weighted by Gasteiger charge is 2.36. The number of benzene rings is 1. The van der Waals surface area contributed by atoms with Gasteiger partial charge in [0.25, 0.3) is 0 Å². The molecule has 0 radical (unpaired) electrons. The second-order valence-electron chi connectivity index (χ2n) is 8.36. The lowest BCUT2D eigenvalue weighted by Crippen LogP contribution is -2.46. The zero-order valence-electron chi connectivity index (χ0n) is 17.8. The Kier molecular flexibility index (Phi) is 6.15. The number of carbonyl (C=O) groups is 2. The van der Waals surface area contributed by atoms with Crippen LogP contribution in [0.5, 0.6) is 0 Å². The second kappa shape index (κ2) is 8.99. The molecular formula is C23H28FN5O2. The molecule has 2 N–H and O–H groups in total. The number of hydrogen-bond donors (Lipinski definition) is 1. The van der Waals surface area contributed by atoms with E-state index in [-0.39, 0.29) is 35.5 Å². The van der Waals surface area contributed by atoms with Crippen molar-refractivity contribution in [1.82, 2.24) is 19.8 Å². The molecule has 2 fully saturated rings. The Labute approximate surface area is 181 Å². The Morgan fingerprint density at radius 3 is 2.45 bits per heavy atom. The van der Waals surface area contributed by atoms with E-state index in [1.54, 1.807) is 30.2 Å². The molecule has 1 atom stereocenters. The number of nitrogens with zero attached hydrogens (tertiary/aromatic N) is 4. The molecule has 1 aromatic heterocycles. The van der Waals surface area contributed by atoms with Gasteiger partial charge in [-0.25, -0.2) is 14.4 Å². The maximum absolute atomic E-state index is 13.5. The number of amides is 2. The highest BCUT2D eigenvalue weighted by atomic mass is 19.1. The Balaban J connectivity index is 1.62. The van der Waals surface area contributed by atoms with Gasteiger partial charge in [-0.05, 0) is 49.8 Å². The highest BCUT2D eigenvalue weighted by molar-refractivity contribution is 5.81. The smallest absolute Gasteiger partial charge is 0.226 e. The van der Waals surface area contributed by atoms with E-state index in [1.165, 1.54) is 12.1 Å². The first-order valence-corrected chi connectivity index (χ1v) is 10.9. The third-order valence-electron chi connectivity index (χ3n) is 6.38. The van der Waals surface area contributed by atoms with Gasteiger partial charge in [-0.1, -0.05) is 12.1 Å². The summed E-state index contributed by atoms with van der Waals surface area (Å²) in [7, 11) is 0. The fourth-order valence-corrected chi connectivity index (χ4v) is 4.67. The largest absolute Gasteiger partial charge is 0.368 e. The van der Waals surface area contributed by atoms with Gasteiger partial charge in [0.2, 0.25) is 17.8 Å². The first-order valence-electron chi connectivity index (χ1n) is 10.9. The highest BCUT2D eigenvalue weighted by Crippen LogP contribution is 2.37. The molecule has 164 valence electrons. The number of carbonyl (C=O) groups excluding carboxylic acids is 2. The van der Waals surface area contributed by atoms with Gasteiger partial charge >= 0.3 is 0 Å². The number of nitrogens with two attached hydrogens (primary N) is 1. The number of rotatable bonds is 3. The molecular weight excluding hydrogens is 397 g/mol. The molecule has 2 aliphatic heterocycles. The van der Waals surface area contributed by atoms with Gasteiger partial charge in [0.1, 0.15) is 5.82 Å². The van der Waals surface area contributed by atoms with E-state index in [9.17, 15) is 14.0 Å². The number of hydrogen-bond acceptors (Lipinski definition) is 5. The minimum absolute atomic E-state index is 0.0575. The van der Waals surface area contributed by atoms with Crippen molar-refractivity contribution in [3.63, 3.8) is 0 Å². The maximum atomic E-state index is 13.5. The molecule has 0 saturated carbocycles. The Bertz CT molecular complexity index is 957. The fourth-order valence-electron chi connectivity index (χ4n) is 4.67. The summed E-state index contributed by atoms with van der Waals surface area (Å²) in [5.41, 5.74) is 8.20. The van der Waals surface area contributed by atoms with Gasteiger partial charge in [0.15, 0.2) is 0 Å². The van der Waals surface area contributed by atoms with Crippen molar-refractivity contribution in [2.45, 2.75) is 45.1 Å². The monoisotopic (exact) mass is 425 g/mol. The molecule has 2 amide bonds. The summed E-state index contributed by atoms with van der Waals surface area (Å²) in [6.45, 7) is 3.47. The van der Waals surface area contributed by atoms with Crippen LogP contribution in [0.1, 0.15) is 50.8 Å². The summed E-state index contributed by atoms with van der Waals surface area (Å²) in [6.07, 6.45) is 5.75. The third-order valence-corrected chi connectivity index (χ3v) is 6.38. The lowest BCUT2D eigenvalue weighted by atomic mass is 9.90. The van der Waals surface area contributed by atoms with E-state index in [2.05, 4.69) is 9.97 Å². The van der Waals surface area contributed by atoms with Crippen LogP contribution in [0.3, 0.4) is 0 Å². The van der Waals surface area contributed by atoms with Crippen molar-refractivity contribution in [3.8, 4) is 11.1 Å². The number of halogens is 1. The molecule has 1 unspecified atom stereocenters.